The van der Waals surface area contributed by atoms with Gasteiger partial charge >= 0.3 is 0 Å². The van der Waals surface area contributed by atoms with Gasteiger partial charge in [-0.1, -0.05) is 42.5 Å². The van der Waals surface area contributed by atoms with Crippen molar-refractivity contribution in [1.29, 1.82) is 0 Å². The number of anilines is 1. The van der Waals surface area contributed by atoms with Gasteiger partial charge in [-0.15, -0.1) is 0 Å². The molecule has 1 amide bonds. The molecule has 4 aromatic rings. The first kappa shape index (κ1) is 19.1. The van der Waals surface area contributed by atoms with Gasteiger partial charge in [0.25, 0.3) is 5.91 Å². The van der Waals surface area contributed by atoms with Crippen LogP contribution in [0.15, 0.2) is 78.9 Å². The molecule has 0 saturated heterocycles. The molecule has 0 atom stereocenters. The molecule has 1 heterocycles. The number of H-pyrrole nitrogens is 1. The Bertz CT molecular complexity index is 1210. The van der Waals surface area contributed by atoms with Crippen molar-refractivity contribution in [3.05, 3.63) is 95.8 Å². The summed E-state index contributed by atoms with van der Waals surface area (Å²) in [5.41, 5.74) is 3.47. The Kier molecular flexibility index (Phi) is 5.39. The fourth-order valence-corrected chi connectivity index (χ4v) is 3.01. The molecule has 0 saturated carbocycles. The molecule has 6 nitrogen and oxygen atoms in total. The zero-order valence-corrected chi connectivity index (χ0v) is 16.3. The van der Waals surface area contributed by atoms with E-state index in [1.807, 2.05) is 36.4 Å². The van der Waals surface area contributed by atoms with Gasteiger partial charge in [-0.3, -0.25) is 9.59 Å². The number of benzene rings is 3. The van der Waals surface area contributed by atoms with Gasteiger partial charge in [0.2, 0.25) is 5.78 Å². The molecule has 0 aliphatic rings. The average Bonchev–Trinajstić information content (AvgIpc) is 3.22. The number of methoxy groups -OCH3 is 1. The maximum atomic E-state index is 12.5. The van der Waals surface area contributed by atoms with E-state index in [1.165, 1.54) is 6.08 Å². The topological polar surface area (TPSA) is 84.1 Å². The average molecular weight is 397 g/mol. The quantitative estimate of drug-likeness (QED) is 0.364. The zero-order valence-electron chi connectivity index (χ0n) is 16.3. The van der Waals surface area contributed by atoms with E-state index in [0.717, 1.165) is 16.6 Å². The summed E-state index contributed by atoms with van der Waals surface area (Å²) in [4.78, 5) is 32.2. The molecule has 0 fully saturated rings. The molecular weight excluding hydrogens is 378 g/mol. The third-order valence-corrected chi connectivity index (χ3v) is 4.58. The second-order valence-electron chi connectivity index (χ2n) is 6.58. The highest BCUT2D eigenvalue weighted by Crippen LogP contribution is 2.23. The minimum Gasteiger partial charge on any atom is -0.495 e. The highest BCUT2D eigenvalue weighted by Gasteiger charge is 2.10. The SMILES string of the molecule is COc1ccccc1NC(=O)c1ccc(C=CC(=O)c2nc3ccccc3[nH]2)cc1. The molecule has 0 aliphatic heterocycles. The summed E-state index contributed by atoms with van der Waals surface area (Å²) >= 11 is 0. The number of hydrogen-bond acceptors (Lipinski definition) is 4. The first-order valence-electron chi connectivity index (χ1n) is 9.35. The lowest BCUT2D eigenvalue weighted by Gasteiger charge is -2.09. The van der Waals surface area contributed by atoms with Crippen LogP contribution < -0.4 is 10.1 Å². The van der Waals surface area contributed by atoms with Crippen LogP contribution in [0.3, 0.4) is 0 Å². The molecule has 0 unspecified atom stereocenters. The number of ketones is 1. The molecule has 6 heteroatoms. The third kappa shape index (κ3) is 4.12. The lowest BCUT2D eigenvalue weighted by atomic mass is 10.1. The van der Waals surface area contributed by atoms with E-state index in [0.29, 0.717) is 22.8 Å². The zero-order chi connectivity index (χ0) is 20.9. The first-order valence-corrected chi connectivity index (χ1v) is 9.35. The maximum absolute atomic E-state index is 12.5. The van der Waals surface area contributed by atoms with Gasteiger partial charge in [-0.2, -0.15) is 0 Å². The van der Waals surface area contributed by atoms with E-state index in [4.69, 9.17) is 4.74 Å². The lowest BCUT2D eigenvalue weighted by Crippen LogP contribution is -2.12. The van der Waals surface area contributed by atoms with E-state index in [9.17, 15) is 9.59 Å². The largest absolute Gasteiger partial charge is 0.495 e. The number of ether oxygens (including phenoxy) is 1. The number of nitrogens with one attached hydrogen (secondary N) is 2. The molecule has 0 bridgehead atoms. The molecule has 0 spiro atoms. The minimum absolute atomic E-state index is 0.218. The molecule has 30 heavy (non-hydrogen) atoms. The number of carbonyl (C=O) groups is 2. The van der Waals surface area contributed by atoms with Crippen LogP contribution in [-0.2, 0) is 0 Å². The molecule has 0 aliphatic carbocycles. The Hall–Kier alpha value is -4.19. The van der Waals surface area contributed by atoms with Crippen molar-refractivity contribution in [1.82, 2.24) is 9.97 Å². The van der Waals surface area contributed by atoms with E-state index in [-0.39, 0.29) is 11.7 Å². The Labute approximate surface area is 173 Å². The molecule has 2 N–H and O–H groups in total. The van der Waals surface area contributed by atoms with Crippen molar-refractivity contribution in [3.63, 3.8) is 0 Å². The number of amides is 1. The van der Waals surface area contributed by atoms with Crippen molar-refractivity contribution in [2.75, 3.05) is 12.4 Å². The predicted molar refractivity (Wildman–Crippen MR) is 117 cm³/mol. The second-order valence-corrected chi connectivity index (χ2v) is 6.58. The molecule has 0 radical (unpaired) electrons. The number of rotatable bonds is 6. The van der Waals surface area contributed by atoms with Crippen LogP contribution in [0, 0.1) is 0 Å². The highest BCUT2D eigenvalue weighted by atomic mass is 16.5. The maximum Gasteiger partial charge on any atom is 0.255 e. The number of imidazole rings is 1. The van der Waals surface area contributed by atoms with E-state index in [1.54, 1.807) is 49.6 Å². The van der Waals surface area contributed by atoms with Gasteiger partial charge < -0.3 is 15.0 Å². The third-order valence-electron chi connectivity index (χ3n) is 4.58. The standard InChI is InChI=1S/C24H19N3O3/c1-30-22-9-5-4-8-20(22)27-24(29)17-13-10-16(11-14-17)12-15-21(28)23-25-18-6-2-3-7-19(18)26-23/h2-15H,1H3,(H,25,26)(H,27,29). The monoisotopic (exact) mass is 397 g/mol. The number of allylic oxidation sites excluding steroid dienone is 1. The van der Waals surface area contributed by atoms with Crippen molar-refractivity contribution in [2.45, 2.75) is 0 Å². The van der Waals surface area contributed by atoms with Crippen molar-refractivity contribution >= 4 is 34.5 Å². The normalized spacial score (nSPS) is 11.0. The number of hydrogen-bond donors (Lipinski definition) is 2. The van der Waals surface area contributed by atoms with Crippen LogP contribution in [0.5, 0.6) is 5.75 Å². The molecule has 3 aromatic carbocycles. The summed E-state index contributed by atoms with van der Waals surface area (Å²) in [7, 11) is 1.55. The summed E-state index contributed by atoms with van der Waals surface area (Å²) in [5, 5.41) is 2.83. The highest BCUT2D eigenvalue weighted by molar-refractivity contribution is 6.06. The summed E-state index contributed by atoms with van der Waals surface area (Å²) in [5.74, 6) is 0.423. The van der Waals surface area contributed by atoms with Gasteiger partial charge in [-0.25, -0.2) is 4.98 Å². The van der Waals surface area contributed by atoms with Crippen LogP contribution in [0.1, 0.15) is 26.5 Å². The number of aromatic nitrogens is 2. The predicted octanol–water partition coefficient (Wildman–Crippen LogP) is 4.72. The second kappa shape index (κ2) is 8.45. The Morgan fingerprint density at radius 3 is 2.47 bits per heavy atom. The fraction of sp³-hybridized carbons (Fsp3) is 0.0417. The van der Waals surface area contributed by atoms with Crippen LogP contribution in [0.2, 0.25) is 0 Å². The Balaban J connectivity index is 1.44. The molecule has 4 rings (SSSR count). The lowest BCUT2D eigenvalue weighted by molar-refractivity contribution is 0.102. The van der Waals surface area contributed by atoms with Crippen molar-refractivity contribution < 1.29 is 14.3 Å². The van der Waals surface area contributed by atoms with Gasteiger partial charge in [0, 0.05) is 5.56 Å². The molecular formula is C24H19N3O3. The number of para-hydroxylation sites is 4. The first-order chi connectivity index (χ1) is 14.6. The van der Waals surface area contributed by atoms with Gasteiger partial charge in [-0.05, 0) is 48.0 Å². The number of fused-ring (bicyclic) bond motifs is 1. The van der Waals surface area contributed by atoms with Crippen LogP contribution in [0.4, 0.5) is 5.69 Å². The van der Waals surface area contributed by atoms with Gasteiger partial charge in [0.05, 0.1) is 23.8 Å². The Morgan fingerprint density at radius 1 is 0.967 bits per heavy atom. The van der Waals surface area contributed by atoms with Crippen LogP contribution in [0.25, 0.3) is 17.1 Å². The Morgan fingerprint density at radius 2 is 1.70 bits per heavy atom. The van der Waals surface area contributed by atoms with Crippen LogP contribution in [-0.4, -0.2) is 28.8 Å². The van der Waals surface area contributed by atoms with Crippen molar-refractivity contribution in [3.8, 4) is 5.75 Å². The van der Waals surface area contributed by atoms with E-state index in [2.05, 4.69) is 15.3 Å². The summed E-state index contributed by atoms with van der Waals surface area (Å²) in [6.07, 6.45) is 3.15. The summed E-state index contributed by atoms with van der Waals surface area (Å²) < 4.78 is 5.25. The van der Waals surface area contributed by atoms with Gasteiger partial charge in [0.1, 0.15) is 5.75 Å². The minimum atomic E-state index is -0.242. The molecule has 1 aromatic heterocycles. The van der Waals surface area contributed by atoms with Gasteiger partial charge in [0.15, 0.2) is 5.82 Å². The number of aromatic amines is 1. The van der Waals surface area contributed by atoms with Crippen molar-refractivity contribution in [2.24, 2.45) is 0 Å². The van der Waals surface area contributed by atoms with E-state index < -0.39 is 0 Å². The summed E-state index contributed by atoms with van der Waals surface area (Å²) in [6, 6.07) is 21.7. The van der Waals surface area contributed by atoms with E-state index >= 15 is 0 Å². The number of carbonyl (C=O) groups excluding carboxylic acids is 2. The summed E-state index contributed by atoms with van der Waals surface area (Å²) in [6.45, 7) is 0. The smallest absolute Gasteiger partial charge is 0.255 e. The fourth-order valence-electron chi connectivity index (χ4n) is 3.01. The van der Waals surface area contributed by atoms with Crippen LogP contribution >= 0.6 is 0 Å². The molecule has 148 valence electrons. The number of nitrogens with zero attached hydrogens (tertiary/aromatic N) is 1.